The molecule has 1 N–H and O–H groups in total. The van der Waals surface area contributed by atoms with Crippen LogP contribution in [0.15, 0.2) is 12.1 Å². The topological polar surface area (TPSA) is 12.0 Å². The third kappa shape index (κ3) is 1.87. The van der Waals surface area contributed by atoms with Crippen molar-refractivity contribution in [1.29, 1.82) is 0 Å². The van der Waals surface area contributed by atoms with Gasteiger partial charge in [0.25, 0.3) is 0 Å². The van der Waals surface area contributed by atoms with Gasteiger partial charge in [0.2, 0.25) is 0 Å². The van der Waals surface area contributed by atoms with Gasteiger partial charge < -0.3 is 5.32 Å². The second-order valence-electron chi connectivity index (χ2n) is 3.32. The average Bonchev–Trinajstić information content (AvgIpc) is 2.54. The van der Waals surface area contributed by atoms with Gasteiger partial charge in [-0.15, -0.1) is 11.3 Å². The zero-order valence-electron chi connectivity index (χ0n) is 7.15. The van der Waals surface area contributed by atoms with E-state index >= 15 is 0 Å². The van der Waals surface area contributed by atoms with Gasteiger partial charge in [0, 0.05) is 4.88 Å². The maximum absolute atomic E-state index is 14.2. The normalized spacial score (nSPS) is 21.7. The van der Waals surface area contributed by atoms with Gasteiger partial charge in [-0.2, -0.15) is 0 Å². The van der Waals surface area contributed by atoms with E-state index < -0.39 is 5.67 Å². The summed E-state index contributed by atoms with van der Waals surface area (Å²) in [5, 5.41) is 3.15. The maximum atomic E-state index is 14.2. The summed E-state index contributed by atoms with van der Waals surface area (Å²) in [6.07, 6.45) is 1.12. The minimum absolute atomic E-state index is 0.559. The molecule has 0 aliphatic carbocycles. The molecule has 0 spiro atoms. The highest BCUT2D eigenvalue weighted by Crippen LogP contribution is 2.39. The Labute approximate surface area is 85.9 Å². The third-order valence-corrected chi connectivity index (χ3v) is 3.82. The van der Waals surface area contributed by atoms with Crippen molar-refractivity contribution in [2.45, 2.75) is 18.5 Å². The molecular weight excluding hydrogens is 209 g/mol. The minimum Gasteiger partial charge on any atom is -0.316 e. The Morgan fingerprint density at radius 3 is 2.62 bits per heavy atom. The summed E-state index contributed by atoms with van der Waals surface area (Å²) in [6, 6.07) is 3.57. The van der Waals surface area contributed by atoms with E-state index in [-0.39, 0.29) is 0 Å². The van der Waals surface area contributed by atoms with Gasteiger partial charge in [0.05, 0.1) is 4.34 Å². The smallest absolute Gasteiger partial charge is 0.147 e. The van der Waals surface area contributed by atoms with Gasteiger partial charge in [-0.3, -0.25) is 0 Å². The van der Waals surface area contributed by atoms with E-state index in [1.807, 2.05) is 0 Å². The molecule has 2 rings (SSSR count). The van der Waals surface area contributed by atoms with Crippen molar-refractivity contribution in [3.8, 4) is 0 Å². The SMILES string of the molecule is FC1(c2ccc(Cl)s2)CCNCC1. The van der Waals surface area contributed by atoms with E-state index in [1.54, 1.807) is 12.1 Å². The van der Waals surface area contributed by atoms with E-state index in [1.165, 1.54) is 11.3 Å². The lowest BCUT2D eigenvalue weighted by Gasteiger charge is -2.28. The second-order valence-corrected chi connectivity index (χ2v) is 5.03. The fourth-order valence-electron chi connectivity index (χ4n) is 1.62. The number of alkyl halides is 1. The fourth-order valence-corrected chi connectivity index (χ4v) is 2.81. The summed E-state index contributed by atoms with van der Waals surface area (Å²) in [5.41, 5.74) is -1.14. The number of rotatable bonds is 1. The quantitative estimate of drug-likeness (QED) is 0.766. The zero-order chi connectivity index (χ0) is 9.31. The Kier molecular flexibility index (Phi) is 2.58. The van der Waals surface area contributed by atoms with Crippen LogP contribution in [0.3, 0.4) is 0 Å². The highest BCUT2D eigenvalue weighted by atomic mass is 35.5. The van der Waals surface area contributed by atoms with Crippen LogP contribution in [0.2, 0.25) is 4.34 Å². The van der Waals surface area contributed by atoms with Crippen LogP contribution in [0, 0.1) is 0 Å². The van der Waals surface area contributed by atoms with Crippen molar-refractivity contribution in [2.75, 3.05) is 13.1 Å². The molecule has 0 radical (unpaired) electrons. The zero-order valence-corrected chi connectivity index (χ0v) is 8.72. The van der Waals surface area contributed by atoms with Gasteiger partial charge in [-0.25, -0.2) is 4.39 Å². The summed E-state index contributed by atoms with van der Waals surface area (Å²) in [7, 11) is 0. The van der Waals surface area contributed by atoms with Gasteiger partial charge in [-0.1, -0.05) is 11.6 Å². The summed E-state index contributed by atoms with van der Waals surface area (Å²) in [5.74, 6) is 0. The lowest BCUT2D eigenvalue weighted by atomic mass is 9.93. The Morgan fingerprint density at radius 1 is 1.38 bits per heavy atom. The molecule has 1 aromatic heterocycles. The van der Waals surface area contributed by atoms with E-state index in [9.17, 15) is 4.39 Å². The predicted octanol–water partition coefficient (Wildman–Crippen LogP) is 2.95. The standard InChI is InChI=1S/C9H11ClFNS/c10-8-2-1-7(13-8)9(11)3-5-12-6-4-9/h1-2,12H,3-6H2. The molecule has 0 atom stereocenters. The van der Waals surface area contributed by atoms with Crippen LogP contribution in [0.5, 0.6) is 0 Å². The molecule has 1 saturated heterocycles. The maximum Gasteiger partial charge on any atom is 0.147 e. The molecule has 4 heteroatoms. The summed E-state index contributed by atoms with van der Waals surface area (Å²) in [4.78, 5) is 0.777. The lowest BCUT2D eigenvalue weighted by Crippen LogP contribution is -2.36. The first kappa shape index (κ1) is 9.44. The van der Waals surface area contributed by atoms with Crippen molar-refractivity contribution in [3.63, 3.8) is 0 Å². The molecule has 0 amide bonds. The second kappa shape index (κ2) is 3.56. The van der Waals surface area contributed by atoms with Crippen LogP contribution in [0.25, 0.3) is 0 Å². The van der Waals surface area contributed by atoms with Crippen LogP contribution in [-0.4, -0.2) is 13.1 Å². The molecule has 0 unspecified atom stereocenters. The average molecular weight is 220 g/mol. The largest absolute Gasteiger partial charge is 0.316 e. The molecule has 1 nitrogen and oxygen atoms in total. The Bertz CT molecular complexity index is 294. The number of piperidine rings is 1. The molecule has 0 aromatic carbocycles. The monoisotopic (exact) mass is 219 g/mol. The Morgan fingerprint density at radius 2 is 2.08 bits per heavy atom. The van der Waals surface area contributed by atoms with E-state index in [4.69, 9.17) is 11.6 Å². The first-order chi connectivity index (χ1) is 6.21. The minimum atomic E-state index is -1.14. The molecule has 1 aromatic rings. The van der Waals surface area contributed by atoms with Crippen molar-refractivity contribution in [2.24, 2.45) is 0 Å². The van der Waals surface area contributed by atoms with Crippen molar-refractivity contribution in [1.82, 2.24) is 5.32 Å². The van der Waals surface area contributed by atoms with Crippen molar-refractivity contribution < 1.29 is 4.39 Å². The molecule has 1 fully saturated rings. The predicted molar refractivity (Wildman–Crippen MR) is 54.2 cm³/mol. The molecule has 0 bridgehead atoms. The molecule has 13 heavy (non-hydrogen) atoms. The van der Waals surface area contributed by atoms with E-state index in [0.29, 0.717) is 17.2 Å². The number of thiophene rings is 1. The lowest BCUT2D eigenvalue weighted by molar-refractivity contribution is 0.119. The van der Waals surface area contributed by atoms with Crippen LogP contribution in [-0.2, 0) is 5.67 Å². The first-order valence-corrected chi connectivity index (χ1v) is 5.56. The Hall–Kier alpha value is -0.120. The summed E-state index contributed by atoms with van der Waals surface area (Å²) < 4.78 is 14.9. The number of nitrogens with one attached hydrogen (secondary N) is 1. The summed E-state index contributed by atoms with van der Waals surface area (Å²) in [6.45, 7) is 1.51. The van der Waals surface area contributed by atoms with Gasteiger partial charge in [0.1, 0.15) is 5.67 Å². The molecular formula is C9H11ClFNS. The number of hydrogen-bond acceptors (Lipinski definition) is 2. The first-order valence-electron chi connectivity index (χ1n) is 4.36. The fraction of sp³-hybridized carbons (Fsp3) is 0.556. The highest BCUT2D eigenvalue weighted by Gasteiger charge is 2.34. The van der Waals surface area contributed by atoms with E-state index in [2.05, 4.69) is 5.32 Å². The molecule has 1 aliphatic rings. The van der Waals surface area contributed by atoms with Crippen molar-refractivity contribution in [3.05, 3.63) is 21.3 Å². The van der Waals surface area contributed by atoms with Crippen LogP contribution < -0.4 is 5.32 Å². The van der Waals surface area contributed by atoms with E-state index in [0.717, 1.165) is 18.0 Å². The van der Waals surface area contributed by atoms with Crippen LogP contribution in [0.1, 0.15) is 17.7 Å². The van der Waals surface area contributed by atoms with Crippen molar-refractivity contribution >= 4 is 22.9 Å². The number of hydrogen-bond donors (Lipinski definition) is 1. The molecule has 0 saturated carbocycles. The Balaban J connectivity index is 2.22. The van der Waals surface area contributed by atoms with Gasteiger partial charge in [-0.05, 0) is 38.1 Å². The summed E-state index contributed by atoms with van der Waals surface area (Å²) >= 11 is 7.13. The number of halogens is 2. The molecule has 72 valence electrons. The third-order valence-electron chi connectivity index (χ3n) is 2.41. The molecule has 2 heterocycles. The van der Waals surface area contributed by atoms with Gasteiger partial charge in [0.15, 0.2) is 0 Å². The van der Waals surface area contributed by atoms with Crippen LogP contribution >= 0.6 is 22.9 Å². The molecule has 1 aliphatic heterocycles. The highest BCUT2D eigenvalue weighted by molar-refractivity contribution is 7.16. The van der Waals surface area contributed by atoms with Gasteiger partial charge >= 0.3 is 0 Å². The van der Waals surface area contributed by atoms with Crippen LogP contribution in [0.4, 0.5) is 4.39 Å².